The van der Waals surface area contributed by atoms with Crippen LogP contribution in [-0.4, -0.2) is 0 Å². The molecule has 0 atom stereocenters. The van der Waals surface area contributed by atoms with Gasteiger partial charge in [-0.25, -0.2) is 0 Å². The van der Waals surface area contributed by atoms with Crippen molar-refractivity contribution < 1.29 is 0 Å². The van der Waals surface area contributed by atoms with Gasteiger partial charge in [0, 0.05) is 0 Å². The van der Waals surface area contributed by atoms with E-state index in [0.717, 1.165) is 6.42 Å². The molecule has 8 heavy (non-hydrogen) atoms. The summed E-state index contributed by atoms with van der Waals surface area (Å²) in [6.07, 6.45) is 4.75. The number of rotatable bonds is 2. The SMILES string of the molecule is C=CCC(C)=C=CC. The fraction of sp³-hybridized carbons (Fsp3) is 0.375. The van der Waals surface area contributed by atoms with Gasteiger partial charge in [0.15, 0.2) is 0 Å². The largest absolute Gasteiger partial charge is 0.126 e. The fourth-order valence-corrected chi connectivity index (χ4v) is 0.522. The molecule has 0 unspecified atom stereocenters. The lowest BCUT2D eigenvalue weighted by Crippen LogP contribution is -1.64. The highest BCUT2D eigenvalue weighted by Crippen LogP contribution is 1.95. The quantitative estimate of drug-likeness (QED) is 0.377. The summed E-state index contributed by atoms with van der Waals surface area (Å²) < 4.78 is 0. The molecule has 0 bridgehead atoms. The summed E-state index contributed by atoms with van der Waals surface area (Å²) in [5.74, 6) is 0. The fourth-order valence-electron chi connectivity index (χ4n) is 0.522. The van der Waals surface area contributed by atoms with Crippen LogP contribution in [0.5, 0.6) is 0 Å². The van der Waals surface area contributed by atoms with Gasteiger partial charge in [0.1, 0.15) is 0 Å². The van der Waals surface area contributed by atoms with Gasteiger partial charge < -0.3 is 0 Å². The third-order valence-electron chi connectivity index (χ3n) is 0.841. The lowest BCUT2D eigenvalue weighted by atomic mass is 10.2. The Bertz CT molecular complexity index is 123. The third kappa shape index (κ3) is 3.45. The summed E-state index contributed by atoms with van der Waals surface area (Å²) in [5.41, 5.74) is 4.31. The second kappa shape index (κ2) is 4.42. The Labute approximate surface area is 51.2 Å². The molecule has 0 aliphatic heterocycles. The van der Waals surface area contributed by atoms with Gasteiger partial charge in [-0.15, -0.1) is 12.3 Å². The molecule has 0 saturated heterocycles. The highest BCUT2D eigenvalue weighted by molar-refractivity contribution is 5.01. The van der Waals surface area contributed by atoms with Crippen LogP contribution in [-0.2, 0) is 0 Å². The molecule has 44 valence electrons. The minimum absolute atomic E-state index is 0.949. The van der Waals surface area contributed by atoms with Gasteiger partial charge in [-0.1, -0.05) is 6.08 Å². The molecule has 0 fully saturated rings. The molecule has 0 rings (SSSR count). The van der Waals surface area contributed by atoms with Crippen molar-refractivity contribution in [1.29, 1.82) is 0 Å². The predicted octanol–water partition coefficient (Wildman–Crippen LogP) is 2.68. The maximum atomic E-state index is 3.61. The van der Waals surface area contributed by atoms with Crippen molar-refractivity contribution >= 4 is 0 Å². The average Bonchev–Trinajstić information content (AvgIpc) is 1.68. The molecule has 0 aliphatic rings. The van der Waals surface area contributed by atoms with E-state index < -0.39 is 0 Å². The summed E-state index contributed by atoms with van der Waals surface area (Å²) in [4.78, 5) is 0. The molecule has 0 N–H and O–H groups in total. The summed E-state index contributed by atoms with van der Waals surface area (Å²) >= 11 is 0. The summed E-state index contributed by atoms with van der Waals surface area (Å²) in [7, 11) is 0. The van der Waals surface area contributed by atoms with E-state index in [9.17, 15) is 0 Å². The van der Waals surface area contributed by atoms with E-state index in [1.165, 1.54) is 5.57 Å². The Kier molecular flexibility index (Phi) is 4.01. The molecule has 0 aliphatic carbocycles. The van der Waals surface area contributed by atoms with Crippen LogP contribution in [0.25, 0.3) is 0 Å². The van der Waals surface area contributed by atoms with Crippen LogP contribution in [0.3, 0.4) is 0 Å². The van der Waals surface area contributed by atoms with E-state index in [2.05, 4.69) is 12.3 Å². The predicted molar refractivity (Wildman–Crippen MR) is 37.8 cm³/mol. The smallest absolute Gasteiger partial charge is 0.00681 e. The van der Waals surface area contributed by atoms with Crippen molar-refractivity contribution in [3.8, 4) is 0 Å². The normalized spacial score (nSPS) is 7.25. The van der Waals surface area contributed by atoms with Crippen molar-refractivity contribution in [3.63, 3.8) is 0 Å². The zero-order valence-electron chi connectivity index (χ0n) is 5.57. The van der Waals surface area contributed by atoms with Crippen LogP contribution in [0.2, 0.25) is 0 Å². The molecule has 0 radical (unpaired) electrons. The van der Waals surface area contributed by atoms with Gasteiger partial charge in [-0.2, -0.15) is 0 Å². The van der Waals surface area contributed by atoms with Crippen LogP contribution >= 0.6 is 0 Å². The van der Waals surface area contributed by atoms with E-state index in [1.54, 1.807) is 0 Å². The first-order valence-corrected chi connectivity index (χ1v) is 2.79. The molecular formula is C8H12. The second-order valence-electron chi connectivity index (χ2n) is 1.71. The lowest BCUT2D eigenvalue weighted by molar-refractivity contribution is 1.22. The summed E-state index contributed by atoms with van der Waals surface area (Å²) in [5, 5.41) is 0. The van der Waals surface area contributed by atoms with Gasteiger partial charge in [0.25, 0.3) is 0 Å². The second-order valence-corrected chi connectivity index (χ2v) is 1.71. The summed E-state index contributed by atoms with van der Waals surface area (Å²) in [6, 6.07) is 0. The topological polar surface area (TPSA) is 0 Å². The molecule has 0 saturated carbocycles. The Hall–Kier alpha value is -0.740. The Morgan fingerprint density at radius 3 is 2.75 bits per heavy atom. The minimum atomic E-state index is 0.949. The highest BCUT2D eigenvalue weighted by Gasteiger charge is 1.76. The van der Waals surface area contributed by atoms with Gasteiger partial charge in [0.05, 0.1) is 0 Å². The van der Waals surface area contributed by atoms with Crippen molar-refractivity contribution in [1.82, 2.24) is 0 Å². The monoisotopic (exact) mass is 108 g/mol. The first-order chi connectivity index (χ1) is 3.81. The number of allylic oxidation sites excluding steroid dienone is 2. The van der Waals surface area contributed by atoms with Crippen molar-refractivity contribution in [3.05, 3.63) is 30.0 Å². The van der Waals surface area contributed by atoms with Gasteiger partial charge in [0.2, 0.25) is 0 Å². The highest BCUT2D eigenvalue weighted by atomic mass is 13.8. The maximum absolute atomic E-state index is 3.61. The Balaban J connectivity index is 3.80. The van der Waals surface area contributed by atoms with E-state index in [-0.39, 0.29) is 0 Å². The van der Waals surface area contributed by atoms with Crippen molar-refractivity contribution in [2.75, 3.05) is 0 Å². The van der Waals surface area contributed by atoms with Crippen molar-refractivity contribution in [2.45, 2.75) is 20.3 Å². The average molecular weight is 108 g/mol. The van der Waals surface area contributed by atoms with Gasteiger partial charge in [-0.05, 0) is 31.9 Å². The first-order valence-electron chi connectivity index (χ1n) is 2.79. The van der Waals surface area contributed by atoms with Gasteiger partial charge >= 0.3 is 0 Å². The molecule has 0 heterocycles. The zero-order chi connectivity index (χ0) is 6.41. The molecule has 0 aromatic heterocycles. The number of hydrogen-bond acceptors (Lipinski definition) is 0. The van der Waals surface area contributed by atoms with E-state index in [4.69, 9.17) is 0 Å². The third-order valence-corrected chi connectivity index (χ3v) is 0.841. The van der Waals surface area contributed by atoms with Crippen LogP contribution in [0.4, 0.5) is 0 Å². The van der Waals surface area contributed by atoms with E-state index in [0.29, 0.717) is 0 Å². The van der Waals surface area contributed by atoms with E-state index in [1.807, 2.05) is 26.0 Å². The molecule has 0 aromatic rings. The minimum Gasteiger partial charge on any atom is -0.126 e. The number of hydrogen-bond donors (Lipinski definition) is 0. The molecule has 0 nitrogen and oxygen atoms in total. The van der Waals surface area contributed by atoms with Crippen LogP contribution in [0, 0.1) is 0 Å². The standard InChI is InChI=1S/C8H12/c1-4-6-8(3)7-5-2/h4-5H,1,6H2,2-3H3. The first kappa shape index (κ1) is 7.26. The molecule has 0 spiro atoms. The van der Waals surface area contributed by atoms with Gasteiger partial charge in [-0.3, -0.25) is 0 Å². The summed E-state index contributed by atoms with van der Waals surface area (Å²) in [6.45, 7) is 7.62. The Morgan fingerprint density at radius 2 is 2.38 bits per heavy atom. The lowest BCUT2D eigenvalue weighted by Gasteiger charge is -1.84. The van der Waals surface area contributed by atoms with Crippen LogP contribution < -0.4 is 0 Å². The Morgan fingerprint density at radius 1 is 1.75 bits per heavy atom. The molecule has 0 amide bonds. The maximum Gasteiger partial charge on any atom is -0.00681 e. The van der Waals surface area contributed by atoms with Crippen LogP contribution in [0.15, 0.2) is 30.0 Å². The molecule has 0 heteroatoms. The van der Waals surface area contributed by atoms with Crippen molar-refractivity contribution in [2.24, 2.45) is 0 Å². The molecule has 0 aromatic carbocycles. The van der Waals surface area contributed by atoms with E-state index >= 15 is 0 Å². The zero-order valence-corrected chi connectivity index (χ0v) is 5.57. The van der Waals surface area contributed by atoms with Crippen LogP contribution in [0.1, 0.15) is 20.3 Å². The molecular weight excluding hydrogens is 96.1 g/mol.